The highest BCUT2D eigenvalue weighted by molar-refractivity contribution is 9.10. The van der Waals surface area contributed by atoms with E-state index in [1.54, 1.807) is 14.2 Å². The molecule has 0 aliphatic carbocycles. The van der Waals surface area contributed by atoms with Gasteiger partial charge in [0.15, 0.2) is 11.5 Å². The molecular weight excluding hydrogens is 392 g/mol. The SMILES string of the molecule is COc1ccc(CNC(c2ccccc2)c2ccccn2)c(Br)c1OC. The van der Waals surface area contributed by atoms with Gasteiger partial charge in [-0.1, -0.05) is 42.5 Å². The number of halogens is 1. The van der Waals surface area contributed by atoms with Crippen molar-refractivity contribution in [2.75, 3.05) is 14.2 Å². The van der Waals surface area contributed by atoms with Gasteiger partial charge in [0, 0.05) is 12.7 Å². The van der Waals surface area contributed by atoms with E-state index in [-0.39, 0.29) is 6.04 Å². The van der Waals surface area contributed by atoms with Gasteiger partial charge in [0.25, 0.3) is 0 Å². The number of hydrogen-bond acceptors (Lipinski definition) is 4. The summed E-state index contributed by atoms with van der Waals surface area (Å²) in [6.07, 6.45) is 1.82. The van der Waals surface area contributed by atoms with Gasteiger partial charge in [0.05, 0.1) is 30.4 Å². The van der Waals surface area contributed by atoms with Crippen molar-refractivity contribution in [3.05, 3.63) is 88.2 Å². The highest BCUT2D eigenvalue weighted by atomic mass is 79.9. The molecule has 3 rings (SSSR count). The Hall–Kier alpha value is -2.37. The highest BCUT2D eigenvalue weighted by Gasteiger charge is 2.17. The summed E-state index contributed by atoms with van der Waals surface area (Å²) in [4.78, 5) is 4.53. The molecule has 3 aromatic rings. The molecule has 0 amide bonds. The van der Waals surface area contributed by atoms with Crippen LogP contribution >= 0.6 is 15.9 Å². The molecule has 1 aromatic heterocycles. The van der Waals surface area contributed by atoms with E-state index in [0.29, 0.717) is 18.0 Å². The van der Waals surface area contributed by atoms with Crippen molar-refractivity contribution in [2.24, 2.45) is 0 Å². The van der Waals surface area contributed by atoms with Crippen LogP contribution in [-0.2, 0) is 6.54 Å². The molecule has 0 saturated carbocycles. The number of aromatic nitrogens is 1. The number of pyridine rings is 1. The Morgan fingerprint density at radius 3 is 2.38 bits per heavy atom. The minimum Gasteiger partial charge on any atom is -0.493 e. The second-order valence-corrected chi connectivity index (χ2v) is 6.55. The molecule has 4 nitrogen and oxygen atoms in total. The van der Waals surface area contributed by atoms with Gasteiger partial charge in [0.2, 0.25) is 0 Å². The van der Waals surface area contributed by atoms with E-state index in [9.17, 15) is 0 Å². The predicted molar refractivity (Wildman–Crippen MR) is 107 cm³/mol. The van der Waals surface area contributed by atoms with Crippen molar-refractivity contribution in [1.82, 2.24) is 10.3 Å². The standard InChI is InChI=1S/C21H21BrN2O2/c1-25-18-12-11-16(19(22)21(18)26-2)14-24-20(15-8-4-3-5-9-15)17-10-6-7-13-23-17/h3-13,20,24H,14H2,1-2H3. The summed E-state index contributed by atoms with van der Waals surface area (Å²) in [6, 6.07) is 20.2. The van der Waals surface area contributed by atoms with Crippen LogP contribution in [-0.4, -0.2) is 19.2 Å². The lowest BCUT2D eigenvalue weighted by atomic mass is 10.0. The van der Waals surface area contributed by atoms with E-state index in [4.69, 9.17) is 9.47 Å². The first kappa shape index (κ1) is 18.4. The fourth-order valence-corrected chi connectivity index (χ4v) is 3.49. The first-order valence-corrected chi connectivity index (χ1v) is 9.12. The molecule has 0 fully saturated rings. The molecule has 0 aliphatic heterocycles. The molecule has 1 N–H and O–H groups in total. The van der Waals surface area contributed by atoms with Gasteiger partial charge in [-0.3, -0.25) is 4.98 Å². The number of methoxy groups -OCH3 is 2. The maximum Gasteiger partial charge on any atom is 0.175 e. The molecular formula is C21H21BrN2O2. The van der Waals surface area contributed by atoms with Crippen LogP contribution in [0.15, 0.2) is 71.3 Å². The fourth-order valence-electron chi connectivity index (χ4n) is 2.86. The van der Waals surface area contributed by atoms with E-state index in [1.807, 2.05) is 54.7 Å². The zero-order chi connectivity index (χ0) is 18.4. The van der Waals surface area contributed by atoms with Gasteiger partial charge < -0.3 is 14.8 Å². The topological polar surface area (TPSA) is 43.4 Å². The van der Waals surface area contributed by atoms with E-state index < -0.39 is 0 Å². The van der Waals surface area contributed by atoms with E-state index in [0.717, 1.165) is 15.7 Å². The van der Waals surface area contributed by atoms with E-state index in [2.05, 4.69) is 38.4 Å². The number of nitrogens with zero attached hydrogens (tertiary/aromatic N) is 1. The molecule has 26 heavy (non-hydrogen) atoms. The average molecular weight is 413 g/mol. The van der Waals surface area contributed by atoms with Crippen molar-refractivity contribution in [2.45, 2.75) is 12.6 Å². The van der Waals surface area contributed by atoms with E-state index >= 15 is 0 Å². The van der Waals surface area contributed by atoms with Gasteiger partial charge in [-0.05, 0) is 45.3 Å². The lowest BCUT2D eigenvalue weighted by Gasteiger charge is -2.20. The van der Waals surface area contributed by atoms with Gasteiger partial charge >= 0.3 is 0 Å². The van der Waals surface area contributed by atoms with Crippen molar-refractivity contribution < 1.29 is 9.47 Å². The third-order valence-electron chi connectivity index (χ3n) is 4.18. The van der Waals surface area contributed by atoms with Crippen LogP contribution in [0.25, 0.3) is 0 Å². The van der Waals surface area contributed by atoms with E-state index in [1.165, 1.54) is 5.56 Å². The van der Waals surface area contributed by atoms with Crippen molar-refractivity contribution in [3.8, 4) is 11.5 Å². The molecule has 1 heterocycles. The molecule has 0 aliphatic rings. The maximum absolute atomic E-state index is 5.47. The monoisotopic (exact) mass is 412 g/mol. The lowest BCUT2D eigenvalue weighted by molar-refractivity contribution is 0.352. The summed E-state index contributed by atoms with van der Waals surface area (Å²) < 4.78 is 11.7. The zero-order valence-corrected chi connectivity index (χ0v) is 16.4. The van der Waals surface area contributed by atoms with Gasteiger partial charge in [-0.25, -0.2) is 0 Å². The van der Waals surface area contributed by atoms with Gasteiger partial charge in [-0.2, -0.15) is 0 Å². The molecule has 1 atom stereocenters. The summed E-state index contributed by atoms with van der Waals surface area (Å²) in [5.74, 6) is 1.40. The van der Waals surface area contributed by atoms with Crippen LogP contribution in [0.3, 0.4) is 0 Å². The number of hydrogen-bond donors (Lipinski definition) is 1. The molecule has 2 aromatic carbocycles. The summed E-state index contributed by atoms with van der Waals surface area (Å²) in [6.45, 7) is 0.650. The van der Waals surface area contributed by atoms with Crippen LogP contribution in [0.1, 0.15) is 22.9 Å². The summed E-state index contributed by atoms with van der Waals surface area (Å²) >= 11 is 3.64. The molecule has 0 radical (unpaired) electrons. The summed E-state index contributed by atoms with van der Waals surface area (Å²) in [5.41, 5.74) is 3.23. The van der Waals surface area contributed by atoms with Crippen molar-refractivity contribution >= 4 is 15.9 Å². The average Bonchev–Trinajstić information content (AvgIpc) is 2.70. The van der Waals surface area contributed by atoms with Crippen LogP contribution in [0.4, 0.5) is 0 Å². The summed E-state index contributed by atoms with van der Waals surface area (Å²) in [7, 11) is 3.27. The van der Waals surface area contributed by atoms with Crippen LogP contribution in [0, 0.1) is 0 Å². The third-order valence-corrected chi connectivity index (χ3v) is 5.05. The lowest BCUT2D eigenvalue weighted by Crippen LogP contribution is -2.23. The Balaban J connectivity index is 1.87. The van der Waals surface area contributed by atoms with Crippen LogP contribution in [0.2, 0.25) is 0 Å². The van der Waals surface area contributed by atoms with Crippen molar-refractivity contribution in [1.29, 1.82) is 0 Å². The smallest absolute Gasteiger partial charge is 0.175 e. The second kappa shape index (κ2) is 8.83. The first-order chi connectivity index (χ1) is 12.7. The highest BCUT2D eigenvalue weighted by Crippen LogP contribution is 2.37. The Morgan fingerprint density at radius 1 is 0.962 bits per heavy atom. The number of ether oxygens (including phenoxy) is 2. The number of benzene rings is 2. The molecule has 0 spiro atoms. The Morgan fingerprint density at radius 2 is 1.73 bits per heavy atom. The molecule has 134 valence electrons. The minimum absolute atomic E-state index is 0.00241. The number of rotatable bonds is 7. The summed E-state index contributed by atoms with van der Waals surface area (Å²) in [5, 5.41) is 3.61. The fraction of sp³-hybridized carbons (Fsp3) is 0.190. The largest absolute Gasteiger partial charge is 0.493 e. The third kappa shape index (κ3) is 4.06. The Labute approximate surface area is 162 Å². The van der Waals surface area contributed by atoms with Crippen LogP contribution in [0.5, 0.6) is 11.5 Å². The van der Waals surface area contributed by atoms with Gasteiger partial charge in [0.1, 0.15) is 0 Å². The number of nitrogens with one attached hydrogen (secondary N) is 1. The molecule has 0 saturated heterocycles. The minimum atomic E-state index is -0.00241. The normalized spacial score (nSPS) is 11.8. The Bertz CT molecular complexity index is 802. The zero-order valence-electron chi connectivity index (χ0n) is 14.8. The predicted octanol–water partition coefficient (Wildman–Crippen LogP) is 4.74. The molecule has 1 unspecified atom stereocenters. The molecule has 5 heteroatoms. The quantitative estimate of drug-likeness (QED) is 0.608. The van der Waals surface area contributed by atoms with Crippen molar-refractivity contribution in [3.63, 3.8) is 0 Å². The van der Waals surface area contributed by atoms with Gasteiger partial charge in [-0.15, -0.1) is 0 Å². The second-order valence-electron chi connectivity index (χ2n) is 5.75. The molecule has 0 bridgehead atoms. The maximum atomic E-state index is 5.47. The van der Waals surface area contributed by atoms with Crippen LogP contribution < -0.4 is 14.8 Å². The Kier molecular flexibility index (Phi) is 6.26. The first-order valence-electron chi connectivity index (χ1n) is 8.33.